The van der Waals surface area contributed by atoms with Crippen molar-refractivity contribution in [2.24, 2.45) is 0 Å². The Kier molecular flexibility index (Phi) is 4.38. The molecule has 1 rings (SSSR count). The van der Waals surface area contributed by atoms with Crippen LogP contribution in [0.4, 0.5) is 26.3 Å². The maximum atomic E-state index is 13.6. The lowest BCUT2D eigenvalue weighted by Gasteiger charge is -2.13. The van der Waals surface area contributed by atoms with Crippen LogP contribution in [0.3, 0.4) is 0 Å². The van der Waals surface area contributed by atoms with Crippen molar-refractivity contribution in [3.8, 4) is 0 Å². The van der Waals surface area contributed by atoms with Gasteiger partial charge in [0.2, 0.25) is 0 Å². The van der Waals surface area contributed by atoms with E-state index in [4.69, 9.17) is 0 Å². The lowest BCUT2D eigenvalue weighted by atomic mass is 10.1. The zero-order chi connectivity index (χ0) is 14.8. The van der Waals surface area contributed by atoms with Gasteiger partial charge in [0.1, 0.15) is 17.1 Å². The van der Waals surface area contributed by atoms with Crippen LogP contribution in [0.1, 0.15) is 23.2 Å². The van der Waals surface area contributed by atoms with Crippen LogP contribution in [0.2, 0.25) is 0 Å². The third-order valence-electron chi connectivity index (χ3n) is 2.20. The first kappa shape index (κ1) is 15.3. The molecular formula is C10H7F6NO2. The summed E-state index contributed by atoms with van der Waals surface area (Å²) in [6, 6.07) is 0. The number of halogens is 6. The maximum Gasteiger partial charge on any atom is 0.420 e. The van der Waals surface area contributed by atoms with Crippen molar-refractivity contribution in [2.45, 2.75) is 19.0 Å². The molecule has 19 heavy (non-hydrogen) atoms. The van der Waals surface area contributed by atoms with Crippen molar-refractivity contribution in [1.82, 2.24) is 4.98 Å². The van der Waals surface area contributed by atoms with Gasteiger partial charge in [-0.15, -0.1) is 0 Å². The van der Waals surface area contributed by atoms with Gasteiger partial charge in [-0.2, -0.15) is 13.2 Å². The van der Waals surface area contributed by atoms with Crippen molar-refractivity contribution >= 4 is 5.97 Å². The van der Waals surface area contributed by atoms with Gasteiger partial charge in [-0.25, -0.2) is 13.2 Å². The van der Waals surface area contributed by atoms with E-state index in [0.29, 0.717) is 0 Å². The fourth-order valence-electron chi connectivity index (χ4n) is 1.31. The van der Waals surface area contributed by atoms with E-state index in [1.165, 1.54) is 0 Å². The minimum absolute atomic E-state index is 0.0302. The van der Waals surface area contributed by atoms with Crippen LogP contribution in [0, 0.1) is 5.82 Å². The number of rotatable bonds is 3. The largest absolute Gasteiger partial charge is 0.469 e. The van der Waals surface area contributed by atoms with Crippen LogP contribution < -0.4 is 0 Å². The van der Waals surface area contributed by atoms with Crippen LogP contribution in [-0.4, -0.2) is 18.1 Å². The average Bonchev–Trinajstić information content (AvgIpc) is 2.29. The van der Waals surface area contributed by atoms with Crippen LogP contribution >= 0.6 is 0 Å². The highest BCUT2D eigenvalue weighted by atomic mass is 19.4. The number of alkyl halides is 5. The third kappa shape index (κ3) is 3.36. The highest BCUT2D eigenvalue weighted by Gasteiger charge is 2.37. The number of hydrogen-bond donors (Lipinski definition) is 0. The summed E-state index contributed by atoms with van der Waals surface area (Å²) in [5.41, 5.74) is -4.14. The van der Waals surface area contributed by atoms with Crippen LogP contribution in [-0.2, 0) is 22.1 Å². The number of aromatic nitrogens is 1. The second-order valence-corrected chi connectivity index (χ2v) is 3.40. The first-order valence-electron chi connectivity index (χ1n) is 4.78. The van der Waals surface area contributed by atoms with Gasteiger partial charge in [-0.1, -0.05) is 0 Å². The predicted molar refractivity (Wildman–Crippen MR) is 49.9 cm³/mol. The third-order valence-corrected chi connectivity index (χ3v) is 2.20. The number of carbonyl (C=O) groups excluding carboxylic acids is 1. The fourth-order valence-corrected chi connectivity index (χ4v) is 1.31. The van der Waals surface area contributed by atoms with Gasteiger partial charge in [0, 0.05) is 11.8 Å². The zero-order valence-electron chi connectivity index (χ0n) is 9.39. The lowest BCUT2D eigenvalue weighted by Crippen LogP contribution is -2.16. The molecule has 106 valence electrons. The monoisotopic (exact) mass is 287 g/mol. The van der Waals surface area contributed by atoms with E-state index in [2.05, 4.69) is 9.72 Å². The molecule has 0 aromatic carbocycles. The Bertz CT molecular complexity index is 486. The maximum absolute atomic E-state index is 13.6. The number of esters is 1. The molecule has 0 atom stereocenters. The molecule has 1 heterocycles. The Morgan fingerprint density at radius 1 is 1.42 bits per heavy atom. The molecule has 1 aromatic heterocycles. The lowest BCUT2D eigenvalue weighted by molar-refractivity contribution is -0.142. The van der Waals surface area contributed by atoms with Gasteiger partial charge >= 0.3 is 12.1 Å². The van der Waals surface area contributed by atoms with E-state index >= 15 is 0 Å². The molecule has 0 fully saturated rings. The number of pyridine rings is 1. The number of methoxy groups -OCH3 is 1. The highest BCUT2D eigenvalue weighted by Crippen LogP contribution is 2.34. The van der Waals surface area contributed by atoms with Crippen molar-refractivity contribution < 1.29 is 35.9 Å². The first-order valence-corrected chi connectivity index (χ1v) is 4.78. The molecule has 0 amide bonds. The molecule has 3 nitrogen and oxygen atoms in total. The Morgan fingerprint density at radius 3 is 2.42 bits per heavy atom. The molecule has 0 aliphatic carbocycles. The first-order chi connectivity index (χ1) is 8.68. The van der Waals surface area contributed by atoms with Crippen molar-refractivity contribution in [2.75, 3.05) is 7.11 Å². The standard InChI is InChI=1S/C10H7F6NO2/c1-19-6(18)2-4-7(11)5(10(14,15)16)3-17-8(4)9(12)13/h3,9H,2H2,1H3. The molecule has 9 heteroatoms. The molecule has 1 aromatic rings. The molecule has 0 aliphatic heterocycles. The SMILES string of the molecule is COC(=O)Cc1c(C(F)F)ncc(C(F)(F)F)c1F. The molecule has 0 bridgehead atoms. The van der Waals surface area contributed by atoms with Crippen LogP contribution in [0.5, 0.6) is 0 Å². The summed E-state index contributed by atoms with van der Waals surface area (Å²) in [6.45, 7) is 0. The van der Waals surface area contributed by atoms with E-state index in [-0.39, 0.29) is 6.20 Å². The normalized spacial score (nSPS) is 11.8. The Morgan fingerprint density at radius 2 is 2.00 bits per heavy atom. The smallest absolute Gasteiger partial charge is 0.420 e. The highest BCUT2D eigenvalue weighted by molar-refractivity contribution is 5.73. The van der Waals surface area contributed by atoms with Gasteiger partial charge in [0.05, 0.1) is 13.5 Å². The van der Waals surface area contributed by atoms with E-state index in [1.807, 2.05) is 0 Å². The predicted octanol–water partition coefficient (Wildman–Crippen LogP) is 2.89. The second kappa shape index (κ2) is 5.45. The topological polar surface area (TPSA) is 39.2 Å². The zero-order valence-corrected chi connectivity index (χ0v) is 9.39. The summed E-state index contributed by atoms with van der Waals surface area (Å²) in [6.07, 6.45) is -9.49. The second-order valence-electron chi connectivity index (χ2n) is 3.40. The quantitative estimate of drug-likeness (QED) is 0.634. The van der Waals surface area contributed by atoms with E-state index < -0.39 is 47.6 Å². The van der Waals surface area contributed by atoms with Crippen molar-refractivity contribution in [3.05, 3.63) is 28.8 Å². The number of hydrogen-bond acceptors (Lipinski definition) is 3. The molecule has 0 aliphatic rings. The Labute approximate surface area is 103 Å². The summed E-state index contributed by atoms with van der Waals surface area (Å²) in [5, 5.41) is 0. The number of carbonyl (C=O) groups is 1. The van der Waals surface area contributed by atoms with Gasteiger partial charge in [0.25, 0.3) is 6.43 Å². The van der Waals surface area contributed by atoms with Gasteiger partial charge in [-0.3, -0.25) is 9.78 Å². The molecule has 0 saturated heterocycles. The molecular weight excluding hydrogens is 280 g/mol. The summed E-state index contributed by atoms with van der Waals surface area (Å²) >= 11 is 0. The van der Waals surface area contributed by atoms with Crippen LogP contribution in [0.15, 0.2) is 6.20 Å². The average molecular weight is 287 g/mol. The summed E-state index contributed by atoms with van der Waals surface area (Å²) in [5.74, 6) is -3.09. The number of ether oxygens (including phenoxy) is 1. The molecule has 0 radical (unpaired) electrons. The van der Waals surface area contributed by atoms with Crippen molar-refractivity contribution in [3.63, 3.8) is 0 Å². The molecule has 0 unspecified atom stereocenters. The minimum Gasteiger partial charge on any atom is -0.469 e. The van der Waals surface area contributed by atoms with Crippen molar-refractivity contribution in [1.29, 1.82) is 0 Å². The summed E-state index contributed by atoms with van der Waals surface area (Å²) in [7, 11) is 0.892. The minimum atomic E-state index is -5.09. The molecule has 0 N–H and O–H groups in total. The fraction of sp³-hybridized carbons (Fsp3) is 0.400. The van der Waals surface area contributed by atoms with Crippen LogP contribution in [0.25, 0.3) is 0 Å². The molecule has 0 saturated carbocycles. The van der Waals surface area contributed by atoms with E-state index in [0.717, 1.165) is 7.11 Å². The van der Waals surface area contributed by atoms with E-state index in [1.54, 1.807) is 0 Å². The summed E-state index contributed by atoms with van der Waals surface area (Å²) < 4.78 is 79.9. The van der Waals surface area contributed by atoms with Gasteiger partial charge in [-0.05, 0) is 0 Å². The molecule has 0 spiro atoms. The number of nitrogens with zero attached hydrogens (tertiary/aromatic N) is 1. The Hall–Kier alpha value is -1.80. The van der Waals surface area contributed by atoms with Gasteiger partial charge in [0.15, 0.2) is 0 Å². The summed E-state index contributed by atoms with van der Waals surface area (Å²) in [4.78, 5) is 13.8. The Balaban J connectivity index is 3.40. The van der Waals surface area contributed by atoms with E-state index in [9.17, 15) is 31.1 Å². The van der Waals surface area contributed by atoms with Gasteiger partial charge < -0.3 is 4.74 Å².